The number of hydrogen-bond donors (Lipinski definition) is 1. The van der Waals surface area contributed by atoms with Crippen LogP contribution in [0.1, 0.15) is 20.7 Å². The standard InChI is InChI=1S/C12H7N3O4/c13-14-11(16)8-3-1-2-6-4-7(15(18)19)5-9(10(6)8)12(14)17/h1-5H,13H2. The summed E-state index contributed by atoms with van der Waals surface area (Å²) in [7, 11) is 0. The Hall–Kier alpha value is -2.80. The van der Waals surface area contributed by atoms with Crippen molar-refractivity contribution in [2.45, 2.75) is 0 Å². The van der Waals surface area contributed by atoms with Crippen molar-refractivity contribution < 1.29 is 14.5 Å². The van der Waals surface area contributed by atoms with Crippen LogP contribution in [0.25, 0.3) is 10.8 Å². The quantitative estimate of drug-likeness (QED) is 0.272. The second-order valence-corrected chi connectivity index (χ2v) is 4.13. The van der Waals surface area contributed by atoms with Gasteiger partial charge in [0.1, 0.15) is 0 Å². The Morgan fingerprint density at radius 2 is 1.79 bits per heavy atom. The average Bonchev–Trinajstić information content (AvgIpc) is 2.41. The summed E-state index contributed by atoms with van der Waals surface area (Å²) < 4.78 is 0. The van der Waals surface area contributed by atoms with Crippen LogP contribution in [0.4, 0.5) is 5.69 Å². The molecule has 0 aliphatic carbocycles. The number of nitro benzene ring substituents is 1. The van der Waals surface area contributed by atoms with Crippen LogP contribution in [0.2, 0.25) is 0 Å². The van der Waals surface area contributed by atoms with Crippen molar-refractivity contribution in [1.29, 1.82) is 0 Å². The highest BCUT2D eigenvalue weighted by molar-refractivity contribution is 6.25. The van der Waals surface area contributed by atoms with Gasteiger partial charge in [-0.2, -0.15) is 0 Å². The van der Waals surface area contributed by atoms with E-state index in [1.165, 1.54) is 12.1 Å². The largest absolute Gasteiger partial charge is 0.276 e. The van der Waals surface area contributed by atoms with Crippen molar-refractivity contribution in [2.24, 2.45) is 5.84 Å². The topological polar surface area (TPSA) is 107 Å². The van der Waals surface area contributed by atoms with Gasteiger partial charge in [0, 0.05) is 17.5 Å². The number of carbonyl (C=O) groups excluding carboxylic acids is 2. The molecule has 3 rings (SSSR count). The molecule has 0 saturated carbocycles. The maximum absolute atomic E-state index is 11.9. The van der Waals surface area contributed by atoms with Crippen LogP contribution in [0, 0.1) is 10.1 Å². The van der Waals surface area contributed by atoms with E-state index in [9.17, 15) is 19.7 Å². The molecule has 7 nitrogen and oxygen atoms in total. The molecule has 2 amide bonds. The molecule has 0 fully saturated rings. The molecular weight excluding hydrogens is 250 g/mol. The highest BCUT2D eigenvalue weighted by Crippen LogP contribution is 2.32. The monoisotopic (exact) mass is 257 g/mol. The van der Waals surface area contributed by atoms with E-state index in [1.807, 2.05) is 0 Å². The Bertz CT molecular complexity index is 769. The number of benzene rings is 2. The predicted octanol–water partition coefficient (Wildman–Crippen LogP) is 1.22. The molecule has 2 aromatic rings. The minimum absolute atomic E-state index is 0.0712. The lowest BCUT2D eigenvalue weighted by Crippen LogP contribution is -2.45. The van der Waals surface area contributed by atoms with Crippen molar-refractivity contribution in [3.05, 3.63) is 51.6 Å². The first kappa shape index (κ1) is 11.3. The molecule has 0 spiro atoms. The Morgan fingerprint density at radius 1 is 1.11 bits per heavy atom. The van der Waals surface area contributed by atoms with Crippen molar-refractivity contribution in [3.8, 4) is 0 Å². The molecule has 1 aliphatic rings. The van der Waals surface area contributed by atoms with E-state index in [-0.39, 0.29) is 16.8 Å². The molecule has 94 valence electrons. The molecule has 19 heavy (non-hydrogen) atoms. The molecule has 0 unspecified atom stereocenters. The average molecular weight is 257 g/mol. The number of nitrogens with two attached hydrogens (primary N) is 1. The fraction of sp³-hybridized carbons (Fsp3) is 0. The van der Waals surface area contributed by atoms with E-state index in [4.69, 9.17) is 5.84 Å². The lowest BCUT2D eigenvalue weighted by Gasteiger charge is -2.22. The zero-order chi connectivity index (χ0) is 13.7. The van der Waals surface area contributed by atoms with Crippen LogP contribution < -0.4 is 5.84 Å². The van der Waals surface area contributed by atoms with Gasteiger partial charge in [-0.15, -0.1) is 0 Å². The normalized spacial score (nSPS) is 14.1. The highest BCUT2D eigenvalue weighted by Gasteiger charge is 2.32. The zero-order valence-electron chi connectivity index (χ0n) is 9.49. The van der Waals surface area contributed by atoms with Crippen molar-refractivity contribution in [2.75, 3.05) is 0 Å². The molecule has 7 heteroatoms. The first-order valence-electron chi connectivity index (χ1n) is 5.35. The Morgan fingerprint density at radius 3 is 2.47 bits per heavy atom. The van der Waals surface area contributed by atoms with Crippen LogP contribution in [-0.4, -0.2) is 21.7 Å². The van der Waals surface area contributed by atoms with Gasteiger partial charge in [-0.05, 0) is 11.5 Å². The summed E-state index contributed by atoms with van der Waals surface area (Å²) in [4.78, 5) is 34.1. The predicted molar refractivity (Wildman–Crippen MR) is 65.3 cm³/mol. The summed E-state index contributed by atoms with van der Waals surface area (Å²) >= 11 is 0. The van der Waals surface area contributed by atoms with E-state index in [0.717, 1.165) is 6.07 Å². The molecular formula is C12H7N3O4. The Balaban J connectivity index is 2.48. The van der Waals surface area contributed by atoms with E-state index in [2.05, 4.69) is 0 Å². The van der Waals surface area contributed by atoms with E-state index in [0.29, 0.717) is 15.8 Å². The number of imide groups is 1. The van der Waals surface area contributed by atoms with Gasteiger partial charge >= 0.3 is 0 Å². The SMILES string of the molecule is NN1C(=O)c2cccc3cc([N+](=O)[O-])cc(c23)C1=O. The molecule has 2 N–H and O–H groups in total. The van der Waals surface area contributed by atoms with Crippen molar-refractivity contribution in [1.82, 2.24) is 5.01 Å². The van der Waals surface area contributed by atoms with Gasteiger partial charge < -0.3 is 0 Å². The highest BCUT2D eigenvalue weighted by atomic mass is 16.6. The third-order valence-electron chi connectivity index (χ3n) is 3.07. The van der Waals surface area contributed by atoms with Gasteiger partial charge in [0.15, 0.2) is 0 Å². The Kier molecular flexibility index (Phi) is 2.14. The van der Waals surface area contributed by atoms with Crippen LogP contribution in [-0.2, 0) is 0 Å². The number of amides is 2. The molecule has 1 heterocycles. The van der Waals surface area contributed by atoms with Gasteiger partial charge in [-0.3, -0.25) is 19.7 Å². The third kappa shape index (κ3) is 1.42. The van der Waals surface area contributed by atoms with E-state index < -0.39 is 16.7 Å². The number of nitro groups is 1. The number of carbonyl (C=O) groups is 2. The van der Waals surface area contributed by atoms with Crippen LogP contribution in [0.3, 0.4) is 0 Å². The molecule has 0 saturated heterocycles. The number of nitrogens with zero attached hydrogens (tertiary/aromatic N) is 2. The zero-order valence-corrected chi connectivity index (χ0v) is 9.49. The summed E-state index contributed by atoms with van der Waals surface area (Å²) in [6.07, 6.45) is 0. The number of non-ortho nitro benzene ring substituents is 1. The summed E-state index contributed by atoms with van der Waals surface area (Å²) in [5.74, 6) is 4.05. The van der Waals surface area contributed by atoms with Crippen LogP contribution in [0.15, 0.2) is 30.3 Å². The van der Waals surface area contributed by atoms with Gasteiger partial charge in [0.2, 0.25) is 0 Å². The second-order valence-electron chi connectivity index (χ2n) is 4.13. The smallest absolute Gasteiger partial charge is 0.267 e. The maximum atomic E-state index is 11.9. The fourth-order valence-corrected chi connectivity index (χ4v) is 2.22. The molecule has 0 aromatic heterocycles. The first-order valence-corrected chi connectivity index (χ1v) is 5.35. The van der Waals surface area contributed by atoms with Crippen LogP contribution in [0.5, 0.6) is 0 Å². The van der Waals surface area contributed by atoms with E-state index in [1.54, 1.807) is 12.1 Å². The summed E-state index contributed by atoms with van der Waals surface area (Å²) in [6.45, 7) is 0. The fourth-order valence-electron chi connectivity index (χ4n) is 2.22. The first-order chi connectivity index (χ1) is 9.00. The Labute approximate surface area is 106 Å². The molecule has 0 radical (unpaired) electrons. The number of hydrazine groups is 1. The maximum Gasteiger partial charge on any atom is 0.276 e. The summed E-state index contributed by atoms with van der Waals surface area (Å²) in [6, 6.07) is 7.20. The minimum Gasteiger partial charge on any atom is -0.267 e. The molecule has 0 bridgehead atoms. The van der Waals surface area contributed by atoms with Crippen molar-refractivity contribution >= 4 is 28.3 Å². The van der Waals surface area contributed by atoms with Gasteiger partial charge in [-0.1, -0.05) is 12.1 Å². The van der Waals surface area contributed by atoms with Crippen LogP contribution >= 0.6 is 0 Å². The minimum atomic E-state index is -0.739. The van der Waals surface area contributed by atoms with Crippen molar-refractivity contribution in [3.63, 3.8) is 0 Å². The number of hydrogen-bond acceptors (Lipinski definition) is 5. The molecule has 0 atom stereocenters. The second kappa shape index (κ2) is 3.59. The van der Waals surface area contributed by atoms with E-state index >= 15 is 0 Å². The third-order valence-corrected chi connectivity index (χ3v) is 3.07. The van der Waals surface area contributed by atoms with Gasteiger partial charge in [-0.25, -0.2) is 10.9 Å². The van der Waals surface area contributed by atoms with Gasteiger partial charge in [0.25, 0.3) is 17.5 Å². The summed E-state index contributed by atoms with van der Waals surface area (Å²) in [5, 5.41) is 12.2. The lowest BCUT2D eigenvalue weighted by atomic mass is 9.94. The number of rotatable bonds is 1. The van der Waals surface area contributed by atoms with Gasteiger partial charge in [0.05, 0.1) is 16.1 Å². The lowest BCUT2D eigenvalue weighted by molar-refractivity contribution is -0.384. The molecule has 2 aromatic carbocycles. The molecule has 1 aliphatic heterocycles. The summed E-state index contributed by atoms with van der Waals surface area (Å²) in [5.41, 5.74) is 0.127.